The van der Waals surface area contributed by atoms with Gasteiger partial charge in [-0.2, -0.15) is 0 Å². The predicted octanol–water partition coefficient (Wildman–Crippen LogP) is 0.286. The first-order valence-electron chi connectivity index (χ1n) is 12.5. The zero-order valence-electron chi connectivity index (χ0n) is 20.4. The minimum atomic E-state index is -0.965. The highest BCUT2D eigenvalue weighted by molar-refractivity contribution is 5.94. The number of hydrogen-bond donors (Lipinski definition) is 4. The first kappa shape index (κ1) is 25.0. The summed E-state index contributed by atoms with van der Waals surface area (Å²) in [6.07, 6.45) is 3.54. The summed E-state index contributed by atoms with van der Waals surface area (Å²) in [5, 5.41) is 8.75. The Balaban J connectivity index is 1.44. The molecule has 3 aliphatic rings. The highest BCUT2D eigenvalue weighted by Gasteiger charge is 2.46. The lowest BCUT2D eigenvalue weighted by Gasteiger charge is -2.40. The van der Waals surface area contributed by atoms with Gasteiger partial charge >= 0.3 is 6.03 Å². The van der Waals surface area contributed by atoms with Crippen molar-refractivity contribution in [3.05, 3.63) is 35.9 Å². The van der Waals surface area contributed by atoms with Gasteiger partial charge in [-0.05, 0) is 57.6 Å². The minimum Gasteiger partial charge on any atom is -0.352 e. The molecule has 2 aliphatic heterocycles. The number of fused-ring (bicyclic) bond motifs is 1. The number of benzene rings is 1. The van der Waals surface area contributed by atoms with E-state index in [-0.39, 0.29) is 36.3 Å². The molecule has 3 fully saturated rings. The Hall–Kier alpha value is -3.14. The molecule has 1 aromatic carbocycles. The van der Waals surface area contributed by atoms with Crippen LogP contribution in [0.1, 0.15) is 50.5 Å². The van der Waals surface area contributed by atoms with Crippen molar-refractivity contribution in [2.24, 2.45) is 5.73 Å². The fourth-order valence-electron chi connectivity index (χ4n) is 5.40. The van der Waals surface area contributed by atoms with Gasteiger partial charge in [0, 0.05) is 18.6 Å². The summed E-state index contributed by atoms with van der Waals surface area (Å²) >= 11 is 0. The monoisotopic (exact) mass is 484 g/mol. The maximum atomic E-state index is 13.6. The van der Waals surface area contributed by atoms with Gasteiger partial charge in [0.2, 0.25) is 17.7 Å². The van der Waals surface area contributed by atoms with Crippen molar-refractivity contribution >= 4 is 23.8 Å². The number of nitrogens with zero attached hydrogens (tertiary/aromatic N) is 2. The van der Waals surface area contributed by atoms with Crippen molar-refractivity contribution in [3.63, 3.8) is 0 Å². The van der Waals surface area contributed by atoms with Crippen molar-refractivity contribution in [2.75, 3.05) is 20.1 Å². The lowest BCUT2D eigenvalue weighted by atomic mass is 9.76. The van der Waals surface area contributed by atoms with Crippen LogP contribution in [0.3, 0.4) is 0 Å². The quantitative estimate of drug-likeness (QED) is 0.460. The fourth-order valence-corrected chi connectivity index (χ4v) is 5.40. The van der Waals surface area contributed by atoms with Crippen molar-refractivity contribution in [1.82, 2.24) is 25.8 Å². The number of primary amides is 1. The van der Waals surface area contributed by atoms with Crippen LogP contribution >= 0.6 is 0 Å². The highest BCUT2D eigenvalue weighted by atomic mass is 16.2. The third kappa shape index (κ3) is 5.42. The summed E-state index contributed by atoms with van der Waals surface area (Å²) < 4.78 is 0. The highest BCUT2D eigenvalue weighted by Crippen LogP contribution is 2.37. The second-order valence-electron chi connectivity index (χ2n) is 9.92. The van der Waals surface area contributed by atoms with Gasteiger partial charge in [0.1, 0.15) is 12.1 Å². The molecule has 1 saturated carbocycles. The fraction of sp³-hybridized carbons (Fsp3) is 0.600. The number of urea groups is 1. The maximum Gasteiger partial charge on any atom is 0.314 e. The molecule has 10 heteroatoms. The van der Waals surface area contributed by atoms with Crippen LogP contribution in [0.4, 0.5) is 4.79 Å². The zero-order chi connectivity index (χ0) is 25.1. The molecule has 0 unspecified atom stereocenters. The molecule has 4 atom stereocenters. The summed E-state index contributed by atoms with van der Waals surface area (Å²) in [5.74, 6) is -0.395. The Kier molecular flexibility index (Phi) is 7.59. The van der Waals surface area contributed by atoms with E-state index in [0.717, 1.165) is 12.8 Å². The van der Waals surface area contributed by atoms with Crippen LogP contribution in [0.15, 0.2) is 30.3 Å². The number of nitrogens with two attached hydrogens (primary N) is 1. The van der Waals surface area contributed by atoms with Crippen molar-refractivity contribution < 1.29 is 19.2 Å². The molecule has 1 aromatic rings. The van der Waals surface area contributed by atoms with Crippen LogP contribution in [-0.4, -0.2) is 83.9 Å². The molecule has 190 valence electrons. The van der Waals surface area contributed by atoms with E-state index in [9.17, 15) is 19.2 Å². The van der Waals surface area contributed by atoms with Crippen molar-refractivity contribution in [1.29, 1.82) is 0 Å². The van der Waals surface area contributed by atoms with Gasteiger partial charge in [0.15, 0.2) is 0 Å². The van der Waals surface area contributed by atoms with Crippen LogP contribution in [-0.2, 0) is 14.4 Å². The molecule has 0 spiro atoms. The molecule has 5 N–H and O–H groups in total. The average Bonchev–Trinajstić information content (AvgIpc) is 3.24. The van der Waals surface area contributed by atoms with Gasteiger partial charge < -0.3 is 31.5 Å². The second kappa shape index (κ2) is 10.6. The minimum absolute atomic E-state index is 0.0186. The number of amides is 5. The van der Waals surface area contributed by atoms with E-state index in [1.54, 1.807) is 18.9 Å². The number of likely N-dealkylation sites (N-methyl/N-ethyl adjacent to an activating group) is 1. The Morgan fingerprint density at radius 1 is 1.06 bits per heavy atom. The number of carbonyl (C=O) groups excluding carboxylic acids is 4. The molecule has 10 nitrogen and oxygen atoms in total. The van der Waals surface area contributed by atoms with Gasteiger partial charge in [0.25, 0.3) is 0 Å². The van der Waals surface area contributed by atoms with E-state index < -0.39 is 24.2 Å². The molecule has 0 radical (unpaired) electrons. The molecule has 1 aliphatic carbocycles. The predicted molar refractivity (Wildman–Crippen MR) is 130 cm³/mol. The molecule has 0 aromatic heterocycles. The maximum absolute atomic E-state index is 13.6. The average molecular weight is 485 g/mol. The van der Waals surface area contributed by atoms with E-state index in [2.05, 4.69) is 28.1 Å². The van der Waals surface area contributed by atoms with Crippen LogP contribution in [0.5, 0.6) is 0 Å². The molecule has 5 amide bonds. The van der Waals surface area contributed by atoms with Gasteiger partial charge in [-0.15, -0.1) is 0 Å². The number of nitrogens with one attached hydrogen (secondary N) is 3. The molecule has 0 bridgehead atoms. The number of hydrogen-bond acceptors (Lipinski definition) is 5. The van der Waals surface area contributed by atoms with Crippen LogP contribution in [0.25, 0.3) is 0 Å². The van der Waals surface area contributed by atoms with Gasteiger partial charge in [-0.3, -0.25) is 14.4 Å². The molecule has 35 heavy (non-hydrogen) atoms. The zero-order valence-corrected chi connectivity index (χ0v) is 20.4. The van der Waals surface area contributed by atoms with E-state index in [4.69, 9.17) is 5.73 Å². The molecule has 4 rings (SSSR count). The SMILES string of the molecule is CN[C@@H](C)C(=O)N[C@H]1CN(C(N)=O)CC[C@H]2CC[C@@H](C(=O)NC3CC(c4ccccc4)C3)N2C1=O. The molecule has 2 heterocycles. The van der Waals surface area contributed by atoms with E-state index >= 15 is 0 Å². The summed E-state index contributed by atoms with van der Waals surface area (Å²) in [6.45, 7) is 2.04. The topological polar surface area (TPSA) is 137 Å². The molecular formula is C25H36N6O4. The molecular weight excluding hydrogens is 448 g/mol. The summed E-state index contributed by atoms with van der Waals surface area (Å²) in [5.41, 5.74) is 6.81. The van der Waals surface area contributed by atoms with Crippen LogP contribution in [0, 0.1) is 0 Å². The summed E-state index contributed by atoms with van der Waals surface area (Å²) in [6, 6.07) is 7.50. The molecule has 2 saturated heterocycles. The standard InChI is InChI=1S/C25H36N6O4/c1-15(27-2)22(32)29-20-14-30(25(26)35)11-10-19-8-9-21(31(19)24(20)34)23(33)28-18-12-17(13-18)16-6-4-3-5-7-16/h3-7,15,17-21,27H,8-14H2,1-2H3,(H2,26,35)(H,28,33)(H,29,32)/t15-,17?,18?,19+,20-,21-/m0/s1. The first-order valence-corrected chi connectivity index (χ1v) is 12.5. The van der Waals surface area contributed by atoms with Crippen LogP contribution in [0.2, 0.25) is 0 Å². The Morgan fingerprint density at radius 2 is 1.77 bits per heavy atom. The third-order valence-corrected chi connectivity index (χ3v) is 7.70. The van der Waals surface area contributed by atoms with Crippen molar-refractivity contribution in [2.45, 2.75) is 75.2 Å². The van der Waals surface area contributed by atoms with E-state index in [1.807, 2.05) is 18.2 Å². The van der Waals surface area contributed by atoms with E-state index in [1.165, 1.54) is 10.5 Å². The van der Waals surface area contributed by atoms with Crippen molar-refractivity contribution in [3.8, 4) is 0 Å². The lowest BCUT2D eigenvalue weighted by Crippen LogP contribution is -2.63. The van der Waals surface area contributed by atoms with Gasteiger partial charge in [0.05, 0.1) is 12.6 Å². The Morgan fingerprint density at radius 3 is 2.43 bits per heavy atom. The van der Waals surface area contributed by atoms with Gasteiger partial charge in [-0.25, -0.2) is 4.79 Å². The lowest BCUT2D eigenvalue weighted by molar-refractivity contribution is -0.145. The smallest absolute Gasteiger partial charge is 0.314 e. The number of carbonyl (C=O) groups is 4. The van der Waals surface area contributed by atoms with Crippen LogP contribution < -0.4 is 21.7 Å². The largest absolute Gasteiger partial charge is 0.352 e. The number of rotatable bonds is 6. The summed E-state index contributed by atoms with van der Waals surface area (Å²) in [4.78, 5) is 54.4. The van der Waals surface area contributed by atoms with Gasteiger partial charge in [-0.1, -0.05) is 30.3 Å². The second-order valence-corrected chi connectivity index (χ2v) is 9.92. The first-order chi connectivity index (χ1) is 16.8. The third-order valence-electron chi connectivity index (χ3n) is 7.70. The Labute approximate surface area is 206 Å². The van der Waals surface area contributed by atoms with E-state index in [0.29, 0.717) is 31.7 Å². The normalized spacial score (nSPS) is 29.3. The Bertz CT molecular complexity index is 951. The summed E-state index contributed by atoms with van der Waals surface area (Å²) in [7, 11) is 1.65.